The molecular weight excluding hydrogens is 380 g/mol. The van der Waals surface area contributed by atoms with E-state index in [1.165, 1.54) is 5.56 Å². The highest BCUT2D eigenvalue weighted by Gasteiger charge is 2.20. The van der Waals surface area contributed by atoms with Gasteiger partial charge >= 0.3 is 0 Å². The van der Waals surface area contributed by atoms with Crippen LogP contribution in [-0.2, 0) is 11.3 Å². The Bertz CT molecular complexity index is 1040. The minimum absolute atomic E-state index is 0.0442. The van der Waals surface area contributed by atoms with Gasteiger partial charge in [-0.1, -0.05) is 78.3 Å². The fraction of sp³-hybridized carbons (Fsp3) is 0.160. The van der Waals surface area contributed by atoms with E-state index in [-0.39, 0.29) is 5.91 Å². The van der Waals surface area contributed by atoms with Gasteiger partial charge in [-0.2, -0.15) is 0 Å². The van der Waals surface area contributed by atoms with Crippen LogP contribution in [0.25, 0.3) is 16.7 Å². The molecule has 29 heavy (non-hydrogen) atoms. The van der Waals surface area contributed by atoms with Crippen LogP contribution >= 0.6 is 11.6 Å². The fourth-order valence-electron chi connectivity index (χ4n) is 3.66. The maximum Gasteiger partial charge on any atom is 0.249 e. The largest absolute Gasteiger partial charge is 0.348 e. The third kappa shape index (κ3) is 4.58. The highest BCUT2D eigenvalue weighted by atomic mass is 35.5. The molecule has 3 aromatic carbocycles. The molecule has 0 fully saturated rings. The summed E-state index contributed by atoms with van der Waals surface area (Å²) < 4.78 is 0. The SMILES string of the molecule is O=C(NCc1ccccc1Cl)C1=C(c2cccc(-c3ccccc3)c2)CCNC1. The molecule has 2 N–H and O–H groups in total. The first-order valence-corrected chi connectivity index (χ1v) is 10.2. The van der Waals surface area contributed by atoms with Gasteiger partial charge in [0, 0.05) is 23.7 Å². The molecule has 0 aromatic heterocycles. The zero-order chi connectivity index (χ0) is 20.1. The summed E-state index contributed by atoms with van der Waals surface area (Å²) in [4.78, 5) is 13.0. The van der Waals surface area contributed by atoms with Crippen molar-refractivity contribution < 1.29 is 4.79 Å². The highest BCUT2D eigenvalue weighted by molar-refractivity contribution is 6.31. The summed E-state index contributed by atoms with van der Waals surface area (Å²) in [6.07, 6.45) is 0.826. The van der Waals surface area contributed by atoms with Gasteiger partial charge in [-0.3, -0.25) is 4.79 Å². The predicted molar refractivity (Wildman–Crippen MR) is 120 cm³/mol. The van der Waals surface area contributed by atoms with E-state index in [2.05, 4.69) is 47.0 Å². The molecule has 0 saturated carbocycles. The lowest BCUT2D eigenvalue weighted by Crippen LogP contribution is -2.34. The first-order chi connectivity index (χ1) is 14.2. The number of carbonyl (C=O) groups is 1. The lowest BCUT2D eigenvalue weighted by atomic mass is 9.91. The van der Waals surface area contributed by atoms with Crippen LogP contribution in [0.3, 0.4) is 0 Å². The molecular formula is C25H23ClN2O. The van der Waals surface area contributed by atoms with Crippen LogP contribution in [0, 0.1) is 0 Å². The number of hydrogen-bond acceptors (Lipinski definition) is 2. The molecule has 0 unspecified atom stereocenters. The number of nitrogens with one attached hydrogen (secondary N) is 2. The molecule has 4 rings (SSSR count). The zero-order valence-electron chi connectivity index (χ0n) is 16.1. The van der Waals surface area contributed by atoms with Gasteiger partial charge in [-0.05, 0) is 52.9 Å². The van der Waals surface area contributed by atoms with E-state index >= 15 is 0 Å². The molecule has 146 valence electrons. The third-order valence-corrected chi connectivity index (χ3v) is 5.58. The van der Waals surface area contributed by atoms with Crippen LogP contribution in [0.15, 0.2) is 84.4 Å². The van der Waals surface area contributed by atoms with Gasteiger partial charge in [0.2, 0.25) is 5.91 Å². The van der Waals surface area contributed by atoms with Crippen molar-refractivity contribution in [1.82, 2.24) is 10.6 Å². The van der Waals surface area contributed by atoms with E-state index in [0.717, 1.165) is 40.8 Å². The van der Waals surface area contributed by atoms with Gasteiger partial charge in [0.05, 0.1) is 0 Å². The predicted octanol–water partition coefficient (Wildman–Crippen LogP) is 5.07. The van der Waals surface area contributed by atoms with Crippen LogP contribution in [0.5, 0.6) is 0 Å². The van der Waals surface area contributed by atoms with E-state index in [1.807, 2.05) is 42.5 Å². The van der Waals surface area contributed by atoms with E-state index < -0.39 is 0 Å². The summed E-state index contributed by atoms with van der Waals surface area (Å²) >= 11 is 6.22. The summed E-state index contributed by atoms with van der Waals surface area (Å²) in [6.45, 7) is 1.85. The Hall–Kier alpha value is -2.88. The molecule has 1 heterocycles. The van der Waals surface area contributed by atoms with Crippen LogP contribution in [0.1, 0.15) is 17.5 Å². The summed E-state index contributed by atoms with van der Waals surface area (Å²) in [5.74, 6) is -0.0442. The molecule has 0 saturated heterocycles. The number of carbonyl (C=O) groups excluding carboxylic acids is 1. The van der Waals surface area contributed by atoms with Crippen molar-refractivity contribution in [1.29, 1.82) is 0 Å². The van der Waals surface area contributed by atoms with Crippen molar-refractivity contribution in [2.75, 3.05) is 13.1 Å². The van der Waals surface area contributed by atoms with Crippen molar-refractivity contribution in [2.24, 2.45) is 0 Å². The lowest BCUT2D eigenvalue weighted by molar-refractivity contribution is -0.117. The van der Waals surface area contributed by atoms with Crippen molar-refractivity contribution in [3.05, 3.63) is 101 Å². The van der Waals surface area contributed by atoms with Gasteiger partial charge in [0.15, 0.2) is 0 Å². The number of benzene rings is 3. The quantitative estimate of drug-likeness (QED) is 0.625. The van der Waals surface area contributed by atoms with E-state index in [4.69, 9.17) is 11.6 Å². The van der Waals surface area contributed by atoms with Gasteiger partial charge in [0.25, 0.3) is 0 Å². The Morgan fingerprint density at radius 2 is 1.62 bits per heavy atom. The van der Waals surface area contributed by atoms with Crippen molar-refractivity contribution >= 4 is 23.1 Å². The minimum atomic E-state index is -0.0442. The van der Waals surface area contributed by atoms with Crippen LogP contribution in [0.4, 0.5) is 0 Å². The van der Waals surface area contributed by atoms with Crippen molar-refractivity contribution in [3.8, 4) is 11.1 Å². The highest BCUT2D eigenvalue weighted by Crippen LogP contribution is 2.29. The average molecular weight is 403 g/mol. The molecule has 0 radical (unpaired) electrons. The molecule has 0 atom stereocenters. The van der Waals surface area contributed by atoms with Crippen LogP contribution in [0.2, 0.25) is 5.02 Å². The molecule has 4 heteroatoms. The van der Waals surface area contributed by atoms with Gasteiger partial charge in [-0.25, -0.2) is 0 Å². The maximum absolute atomic E-state index is 13.0. The average Bonchev–Trinajstić information content (AvgIpc) is 2.79. The number of hydrogen-bond donors (Lipinski definition) is 2. The summed E-state index contributed by atoms with van der Waals surface area (Å²) in [5.41, 5.74) is 6.26. The number of rotatable bonds is 5. The topological polar surface area (TPSA) is 41.1 Å². The normalized spacial score (nSPS) is 14.0. The first-order valence-electron chi connectivity index (χ1n) is 9.82. The third-order valence-electron chi connectivity index (χ3n) is 5.21. The molecule has 1 aliphatic rings. The van der Waals surface area contributed by atoms with Gasteiger partial charge in [-0.15, -0.1) is 0 Å². The molecule has 1 aliphatic heterocycles. The second kappa shape index (κ2) is 9.08. The standard InChI is InChI=1S/C25H23ClN2O/c26-24-12-5-4-9-21(24)16-28-25(29)23-17-27-14-13-22(23)20-11-6-10-19(15-20)18-7-2-1-3-8-18/h1-12,15,27H,13-14,16-17H2,(H,28,29). The molecule has 0 aliphatic carbocycles. The van der Waals surface area contributed by atoms with Crippen molar-refractivity contribution in [2.45, 2.75) is 13.0 Å². The maximum atomic E-state index is 13.0. The summed E-state index contributed by atoms with van der Waals surface area (Å²) in [5, 5.41) is 7.03. The van der Waals surface area contributed by atoms with Crippen LogP contribution < -0.4 is 10.6 Å². The zero-order valence-corrected chi connectivity index (χ0v) is 16.9. The Labute approximate surface area is 176 Å². The Morgan fingerprint density at radius 1 is 0.897 bits per heavy atom. The van der Waals surface area contributed by atoms with Gasteiger partial charge < -0.3 is 10.6 Å². The molecule has 3 nitrogen and oxygen atoms in total. The smallest absolute Gasteiger partial charge is 0.249 e. The summed E-state index contributed by atoms with van der Waals surface area (Å²) in [6, 6.07) is 26.3. The lowest BCUT2D eigenvalue weighted by Gasteiger charge is -2.22. The number of amides is 1. The second-order valence-corrected chi connectivity index (χ2v) is 7.51. The monoisotopic (exact) mass is 402 g/mol. The molecule has 0 bridgehead atoms. The second-order valence-electron chi connectivity index (χ2n) is 7.10. The van der Waals surface area contributed by atoms with Crippen molar-refractivity contribution in [3.63, 3.8) is 0 Å². The van der Waals surface area contributed by atoms with E-state index in [9.17, 15) is 4.79 Å². The van der Waals surface area contributed by atoms with E-state index in [0.29, 0.717) is 18.1 Å². The number of halogens is 1. The Morgan fingerprint density at radius 3 is 2.45 bits per heavy atom. The molecule has 0 spiro atoms. The fourth-order valence-corrected chi connectivity index (χ4v) is 3.86. The van der Waals surface area contributed by atoms with E-state index in [1.54, 1.807) is 0 Å². The first kappa shape index (κ1) is 19.4. The Balaban J connectivity index is 1.60. The van der Waals surface area contributed by atoms with Gasteiger partial charge in [0.1, 0.15) is 0 Å². The molecule has 1 amide bonds. The Kier molecular flexibility index (Phi) is 6.09. The summed E-state index contributed by atoms with van der Waals surface area (Å²) in [7, 11) is 0. The minimum Gasteiger partial charge on any atom is -0.348 e. The van der Waals surface area contributed by atoms with Crippen LogP contribution in [-0.4, -0.2) is 19.0 Å². The molecule has 3 aromatic rings.